The van der Waals surface area contributed by atoms with Gasteiger partial charge in [0.2, 0.25) is 0 Å². The van der Waals surface area contributed by atoms with Crippen LogP contribution in [0.25, 0.3) is 0 Å². The van der Waals surface area contributed by atoms with E-state index >= 15 is 0 Å². The summed E-state index contributed by atoms with van der Waals surface area (Å²) < 4.78 is 0. The molecule has 2 heterocycles. The van der Waals surface area contributed by atoms with Gasteiger partial charge in [0.1, 0.15) is 12.4 Å². The number of aryl methyl sites for hydroxylation is 1. The fraction of sp³-hybridized carbons (Fsp3) is 0.286. The van der Waals surface area contributed by atoms with Gasteiger partial charge in [0.05, 0.1) is 16.3 Å². The van der Waals surface area contributed by atoms with Crippen LogP contribution in [0.2, 0.25) is 0 Å². The smallest absolute Gasteiger partial charge is 0.264 e. The van der Waals surface area contributed by atoms with Gasteiger partial charge in [-0.05, 0) is 18.6 Å². The van der Waals surface area contributed by atoms with Crippen molar-refractivity contribution in [2.24, 2.45) is 0 Å². The number of hydrogen-bond acceptors (Lipinski definition) is 4. The number of carbonyl (C=O) groups is 1. The number of nitrogens with one attached hydrogen (secondary N) is 1. The summed E-state index contributed by atoms with van der Waals surface area (Å²) in [6, 6.07) is 1.83. The van der Waals surface area contributed by atoms with E-state index in [1.165, 1.54) is 11.3 Å². The highest BCUT2D eigenvalue weighted by molar-refractivity contribution is 7.14. The molecule has 6 heteroatoms. The van der Waals surface area contributed by atoms with Gasteiger partial charge in [-0.25, -0.2) is 4.98 Å². The minimum atomic E-state index is -0.182. The van der Waals surface area contributed by atoms with Crippen molar-refractivity contribution in [3.8, 4) is 11.8 Å². The number of carbonyl (C=O) groups excluding carboxylic acids is 1. The molecule has 0 aliphatic heterocycles. The quantitative estimate of drug-likeness (QED) is 0.839. The van der Waals surface area contributed by atoms with Crippen LogP contribution in [-0.4, -0.2) is 39.5 Å². The molecule has 0 saturated heterocycles. The lowest BCUT2D eigenvalue weighted by Gasteiger charge is -2.14. The molecule has 5 nitrogen and oxygen atoms in total. The number of amides is 1. The predicted molar refractivity (Wildman–Crippen MR) is 77.4 cm³/mol. The second-order valence-electron chi connectivity index (χ2n) is 4.28. The van der Waals surface area contributed by atoms with E-state index in [0.29, 0.717) is 11.4 Å². The molecule has 0 spiro atoms. The Hall–Kier alpha value is -2.10. The molecule has 0 saturated carbocycles. The summed E-state index contributed by atoms with van der Waals surface area (Å²) in [7, 11) is 1.74. The number of aliphatic hydroxyl groups is 1. The zero-order valence-electron chi connectivity index (χ0n) is 11.3. The van der Waals surface area contributed by atoms with E-state index in [1.54, 1.807) is 24.3 Å². The van der Waals surface area contributed by atoms with E-state index in [2.05, 4.69) is 21.8 Å². The molecule has 0 aromatic carbocycles. The predicted octanol–water partition coefficient (Wildman–Crippen LogP) is 1.40. The minimum absolute atomic E-state index is 0.0634. The van der Waals surface area contributed by atoms with Crippen LogP contribution >= 0.6 is 11.3 Å². The van der Waals surface area contributed by atoms with Crippen molar-refractivity contribution in [2.45, 2.75) is 13.5 Å². The SMILES string of the molecule is Cc1cc(C(=O)N(C)Cc2ncc[nH]2)sc1C#CCO. The standard InChI is InChI=1S/C14H15N3O2S/c1-10-8-12(20-11(10)4-3-7-18)14(19)17(2)9-13-15-5-6-16-13/h5-6,8,18H,7,9H2,1-2H3,(H,15,16). The molecule has 0 radical (unpaired) electrons. The Morgan fingerprint density at radius 3 is 3.05 bits per heavy atom. The number of thiophene rings is 1. The van der Waals surface area contributed by atoms with Crippen LogP contribution in [0.15, 0.2) is 18.5 Å². The van der Waals surface area contributed by atoms with E-state index in [-0.39, 0.29) is 12.5 Å². The molecule has 2 rings (SSSR count). The summed E-state index contributed by atoms with van der Waals surface area (Å²) in [5.41, 5.74) is 0.950. The van der Waals surface area contributed by atoms with Gasteiger partial charge in [-0.2, -0.15) is 0 Å². The first-order valence-corrected chi connectivity index (χ1v) is 6.87. The molecule has 0 fully saturated rings. The first-order valence-electron chi connectivity index (χ1n) is 6.05. The van der Waals surface area contributed by atoms with Crippen molar-refractivity contribution in [3.05, 3.63) is 39.6 Å². The number of aliphatic hydroxyl groups excluding tert-OH is 1. The van der Waals surface area contributed by atoms with E-state index in [9.17, 15) is 4.79 Å². The summed E-state index contributed by atoms with van der Waals surface area (Å²) in [6.07, 6.45) is 3.39. The van der Waals surface area contributed by atoms with Crippen LogP contribution in [0.4, 0.5) is 0 Å². The van der Waals surface area contributed by atoms with Crippen LogP contribution in [0.1, 0.15) is 25.9 Å². The van der Waals surface area contributed by atoms with Gasteiger partial charge in [0.25, 0.3) is 5.91 Å². The Kier molecular flexibility index (Phi) is 4.56. The summed E-state index contributed by atoms with van der Waals surface area (Å²) >= 11 is 1.34. The van der Waals surface area contributed by atoms with Crippen molar-refractivity contribution in [1.82, 2.24) is 14.9 Å². The molecule has 2 N–H and O–H groups in total. The van der Waals surface area contributed by atoms with Gasteiger partial charge in [-0.3, -0.25) is 4.79 Å². The third kappa shape index (κ3) is 3.26. The van der Waals surface area contributed by atoms with Crippen molar-refractivity contribution in [3.63, 3.8) is 0 Å². The molecule has 0 bridgehead atoms. The number of aromatic nitrogens is 2. The Bertz CT molecular complexity index is 650. The third-order valence-electron chi connectivity index (χ3n) is 2.70. The van der Waals surface area contributed by atoms with Gasteiger partial charge in [0.15, 0.2) is 0 Å². The highest BCUT2D eigenvalue weighted by atomic mass is 32.1. The molecule has 2 aromatic heterocycles. The summed E-state index contributed by atoms with van der Waals surface area (Å²) in [4.78, 5) is 22.4. The first-order chi connectivity index (χ1) is 9.61. The van der Waals surface area contributed by atoms with Crippen molar-refractivity contribution in [1.29, 1.82) is 0 Å². The third-order valence-corrected chi connectivity index (χ3v) is 3.84. The lowest BCUT2D eigenvalue weighted by Crippen LogP contribution is -2.25. The van der Waals surface area contributed by atoms with Crippen LogP contribution in [0.3, 0.4) is 0 Å². The zero-order chi connectivity index (χ0) is 14.5. The monoisotopic (exact) mass is 289 g/mol. The molecule has 2 aromatic rings. The van der Waals surface area contributed by atoms with Gasteiger partial charge >= 0.3 is 0 Å². The maximum absolute atomic E-state index is 12.3. The number of rotatable bonds is 3. The topological polar surface area (TPSA) is 69.2 Å². The number of imidazole rings is 1. The van der Waals surface area contributed by atoms with Crippen LogP contribution in [0.5, 0.6) is 0 Å². The Morgan fingerprint density at radius 1 is 1.60 bits per heavy atom. The van der Waals surface area contributed by atoms with Gasteiger partial charge in [-0.15, -0.1) is 11.3 Å². The lowest BCUT2D eigenvalue weighted by atomic mass is 10.2. The van der Waals surface area contributed by atoms with E-state index < -0.39 is 0 Å². The van der Waals surface area contributed by atoms with Gasteiger partial charge in [-0.1, -0.05) is 11.8 Å². The van der Waals surface area contributed by atoms with Crippen LogP contribution in [0, 0.1) is 18.8 Å². The molecular weight excluding hydrogens is 274 g/mol. The van der Waals surface area contributed by atoms with Crippen LogP contribution in [-0.2, 0) is 6.54 Å². The van der Waals surface area contributed by atoms with Crippen molar-refractivity contribution < 1.29 is 9.90 Å². The van der Waals surface area contributed by atoms with E-state index in [0.717, 1.165) is 16.3 Å². The summed E-state index contributed by atoms with van der Waals surface area (Å²) in [5, 5.41) is 8.71. The average molecular weight is 289 g/mol. The van der Waals surface area contributed by atoms with E-state index in [4.69, 9.17) is 5.11 Å². The maximum Gasteiger partial charge on any atom is 0.264 e. The Morgan fingerprint density at radius 2 is 2.40 bits per heavy atom. The van der Waals surface area contributed by atoms with Gasteiger partial charge < -0.3 is 15.0 Å². The Labute approximate surface area is 121 Å². The molecule has 0 aliphatic carbocycles. The highest BCUT2D eigenvalue weighted by Gasteiger charge is 2.16. The number of nitrogens with zero attached hydrogens (tertiary/aromatic N) is 2. The maximum atomic E-state index is 12.3. The normalized spacial score (nSPS) is 9.95. The summed E-state index contributed by atoms with van der Waals surface area (Å²) in [6.45, 7) is 2.15. The van der Waals surface area contributed by atoms with Crippen molar-refractivity contribution in [2.75, 3.05) is 13.7 Å². The largest absolute Gasteiger partial charge is 0.384 e. The second kappa shape index (κ2) is 6.37. The van der Waals surface area contributed by atoms with Gasteiger partial charge in [0, 0.05) is 19.4 Å². The molecule has 0 unspecified atom stereocenters. The second-order valence-corrected chi connectivity index (χ2v) is 5.33. The minimum Gasteiger partial charge on any atom is -0.384 e. The first kappa shape index (κ1) is 14.3. The number of hydrogen-bond donors (Lipinski definition) is 2. The fourth-order valence-corrected chi connectivity index (χ4v) is 2.74. The number of aromatic amines is 1. The molecule has 104 valence electrons. The molecule has 0 aliphatic rings. The molecule has 1 amide bonds. The van der Waals surface area contributed by atoms with E-state index in [1.807, 2.05) is 13.0 Å². The molecular formula is C14H15N3O2S. The lowest BCUT2D eigenvalue weighted by molar-refractivity contribution is 0.0786. The van der Waals surface area contributed by atoms with Crippen molar-refractivity contribution >= 4 is 17.2 Å². The zero-order valence-corrected chi connectivity index (χ0v) is 12.1. The average Bonchev–Trinajstić information content (AvgIpc) is 3.05. The highest BCUT2D eigenvalue weighted by Crippen LogP contribution is 2.22. The molecule has 20 heavy (non-hydrogen) atoms. The Balaban J connectivity index is 2.12. The molecule has 0 atom stereocenters. The fourth-order valence-electron chi connectivity index (χ4n) is 1.70. The van der Waals surface area contributed by atoms with Crippen LogP contribution < -0.4 is 0 Å². The number of H-pyrrole nitrogens is 1. The summed E-state index contributed by atoms with van der Waals surface area (Å²) in [5.74, 6) is 6.13.